The Morgan fingerprint density at radius 1 is 1.18 bits per heavy atom. The molecule has 1 rings (SSSR count). The van der Waals surface area contributed by atoms with Gasteiger partial charge in [-0.05, 0) is 48.6 Å². The first kappa shape index (κ1) is 15.0. The van der Waals surface area contributed by atoms with Gasteiger partial charge < -0.3 is 5.32 Å². The highest BCUT2D eigenvalue weighted by Gasteiger charge is 2.67. The molecule has 0 amide bonds. The van der Waals surface area contributed by atoms with E-state index in [0.717, 1.165) is 11.8 Å². The molecule has 1 N–H and O–H groups in total. The highest BCUT2D eigenvalue weighted by molar-refractivity contribution is 5.16. The van der Waals surface area contributed by atoms with Crippen molar-refractivity contribution < 1.29 is 0 Å². The number of nitrogens with one attached hydrogen (secondary N) is 1. The minimum Gasteiger partial charge on any atom is -0.316 e. The lowest BCUT2D eigenvalue weighted by Crippen LogP contribution is -2.24. The minimum atomic E-state index is 0.556. The van der Waals surface area contributed by atoms with E-state index in [2.05, 4.69) is 46.9 Å². The molecule has 102 valence electrons. The van der Waals surface area contributed by atoms with Crippen molar-refractivity contribution in [3.8, 4) is 0 Å². The maximum Gasteiger partial charge on any atom is -0.000957 e. The van der Waals surface area contributed by atoms with E-state index in [1.54, 1.807) is 0 Å². The monoisotopic (exact) mass is 239 g/mol. The van der Waals surface area contributed by atoms with Crippen molar-refractivity contribution in [1.82, 2.24) is 5.32 Å². The first-order valence-electron chi connectivity index (χ1n) is 7.63. The van der Waals surface area contributed by atoms with Gasteiger partial charge in [-0.3, -0.25) is 0 Å². The lowest BCUT2D eigenvalue weighted by Gasteiger charge is -2.18. The number of hydrogen-bond donors (Lipinski definition) is 1. The van der Waals surface area contributed by atoms with E-state index in [1.807, 2.05) is 0 Å². The van der Waals surface area contributed by atoms with Gasteiger partial charge in [0.05, 0.1) is 0 Å². The standard InChI is InChI=1S/C16H33N/c1-7-9-10-16(8-2)14(15(16,5)6)12-17-11-13(3)4/h13-14,17H,7-12H2,1-6H3. The molecule has 0 radical (unpaired) electrons. The molecular weight excluding hydrogens is 206 g/mol. The van der Waals surface area contributed by atoms with E-state index in [-0.39, 0.29) is 0 Å². The molecule has 2 atom stereocenters. The van der Waals surface area contributed by atoms with Crippen LogP contribution in [0.5, 0.6) is 0 Å². The van der Waals surface area contributed by atoms with Crippen molar-refractivity contribution in [2.24, 2.45) is 22.7 Å². The summed E-state index contributed by atoms with van der Waals surface area (Å²) in [6, 6.07) is 0. The smallest absolute Gasteiger partial charge is 0.000957 e. The molecule has 0 aromatic carbocycles. The molecule has 0 aliphatic heterocycles. The Hall–Kier alpha value is -0.0400. The van der Waals surface area contributed by atoms with Gasteiger partial charge in [-0.15, -0.1) is 0 Å². The summed E-state index contributed by atoms with van der Waals surface area (Å²) in [5, 5.41) is 3.67. The Morgan fingerprint density at radius 2 is 1.82 bits per heavy atom. The molecule has 0 heterocycles. The summed E-state index contributed by atoms with van der Waals surface area (Å²) in [5.74, 6) is 1.66. The van der Waals surface area contributed by atoms with E-state index >= 15 is 0 Å². The number of unbranched alkanes of at least 4 members (excludes halogenated alkanes) is 1. The summed E-state index contributed by atoms with van der Waals surface area (Å²) in [4.78, 5) is 0. The number of rotatable bonds is 8. The second-order valence-corrected chi connectivity index (χ2v) is 6.94. The van der Waals surface area contributed by atoms with Crippen LogP contribution >= 0.6 is 0 Å². The van der Waals surface area contributed by atoms with Gasteiger partial charge in [-0.2, -0.15) is 0 Å². The summed E-state index contributed by atoms with van der Waals surface area (Å²) in [7, 11) is 0. The molecule has 17 heavy (non-hydrogen) atoms. The van der Waals surface area contributed by atoms with Gasteiger partial charge in [-0.1, -0.05) is 54.4 Å². The Morgan fingerprint density at radius 3 is 2.29 bits per heavy atom. The Kier molecular flexibility index (Phi) is 5.07. The van der Waals surface area contributed by atoms with Crippen molar-refractivity contribution in [3.63, 3.8) is 0 Å². The molecule has 0 aromatic heterocycles. The molecule has 1 fully saturated rings. The molecule has 1 aliphatic carbocycles. The Labute approximate surface area is 109 Å². The van der Waals surface area contributed by atoms with E-state index in [9.17, 15) is 0 Å². The van der Waals surface area contributed by atoms with Crippen molar-refractivity contribution in [2.75, 3.05) is 13.1 Å². The van der Waals surface area contributed by atoms with Crippen LogP contribution in [-0.2, 0) is 0 Å². The van der Waals surface area contributed by atoms with Crippen LogP contribution < -0.4 is 5.32 Å². The molecule has 1 nitrogen and oxygen atoms in total. The van der Waals surface area contributed by atoms with Gasteiger partial charge >= 0.3 is 0 Å². The predicted octanol–water partition coefficient (Wildman–Crippen LogP) is 4.47. The van der Waals surface area contributed by atoms with Crippen LogP contribution in [0, 0.1) is 22.7 Å². The minimum absolute atomic E-state index is 0.556. The quantitative estimate of drug-likeness (QED) is 0.659. The average Bonchev–Trinajstić information content (AvgIpc) is 2.72. The van der Waals surface area contributed by atoms with Crippen LogP contribution in [0.25, 0.3) is 0 Å². The van der Waals surface area contributed by atoms with Crippen molar-refractivity contribution in [3.05, 3.63) is 0 Å². The summed E-state index contributed by atoms with van der Waals surface area (Å²) < 4.78 is 0. The highest BCUT2D eigenvalue weighted by atomic mass is 14.9. The van der Waals surface area contributed by atoms with Crippen LogP contribution in [0.1, 0.15) is 67.2 Å². The van der Waals surface area contributed by atoms with Gasteiger partial charge in [-0.25, -0.2) is 0 Å². The van der Waals surface area contributed by atoms with E-state index in [0.29, 0.717) is 10.8 Å². The van der Waals surface area contributed by atoms with E-state index in [4.69, 9.17) is 0 Å². The van der Waals surface area contributed by atoms with Crippen molar-refractivity contribution >= 4 is 0 Å². The summed E-state index contributed by atoms with van der Waals surface area (Å²) >= 11 is 0. The fourth-order valence-electron chi connectivity index (χ4n) is 3.90. The maximum atomic E-state index is 3.67. The van der Waals surface area contributed by atoms with Gasteiger partial charge in [0.25, 0.3) is 0 Å². The zero-order valence-corrected chi connectivity index (χ0v) is 12.9. The van der Waals surface area contributed by atoms with Gasteiger partial charge in [0.1, 0.15) is 0 Å². The lowest BCUT2D eigenvalue weighted by atomic mass is 9.87. The number of hydrogen-bond acceptors (Lipinski definition) is 1. The van der Waals surface area contributed by atoms with Crippen molar-refractivity contribution in [2.45, 2.75) is 67.2 Å². The topological polar surface area (TPSA) is 12.0 Å². The highest BCUT2D eigenvalue weighted by Crippen LogP contribution is 2.72. The molecule has 0 bridgehead atoms. The van der Waals surface area contributed by atoms with E-state index in [1.165, 1.54) is 38.8 Å². The van der Waals surface area contributed by atoms with Gasteiger partial charge in [0.2, 0.25) is 0 Å². The predicted molar refractivity (Wildman–Crippen MR) is 77.2 cm³/mol. The van der Waals surface area contributed by atoms with Crippen LogP contribution in [0.4, 0.5) is 0 Å². The molecule has 1 saturated carbocycles. The SMILES string of the molecule is CCCCC1(CC)C(CNCC(C)C)C1(C)C. The average molecular weight is 239 g/mol. The molecule has 0 saturated heterocycles. The normalized spacial score (nSPS) is 30.9. The Bertz CT molecular complexity index is 232. The maximum absolute atomic E-state index is 3.67. The van der Waals surface area contributed by atoms with Crippen LogP contribution in [0.15, 0.2) is 0 Å². The fraction of sp³-hybridized carbons (Fsp3) is 1.00. The molecule has 1 heteroatoms. The summed E-state index contributed by atoms with van der Waals surface area (Å²) in [6.07, 6.45) is 5.52. The van der Waals surface area contributed by atoms with Gasteiger partial charge in [0.15, 0.2) is 0 Å². The fourth-order valence-corrected chi connectivity index (χ4v) is 3.90. The zero-order valence-electron chi connectivity index (χ0n) is 12.9. The first-order valence-corrected chi connectivity index (χ1v) is 7.63. The van der Waals surface area contributed by atoms with Crippen LogP contribution in [-0.4, -0.2) is 13.1 Å². The third-order valence-electron chi connectivity index (χ3n) is 5.25. The second kappa shape index (κ2) is 5.73. The second-order valence-electron chi connectivity index (χ2n) is 6.94. The third kappa shape index (κ3) is 2.86. The summed E-state index contributed by atoms with van der Waals surface area (Å²) in [5.41, 5.74) is 1.19. The first-order chi connectivity index (χ1) is 7.92. The molecule has 0 aromatic rings. The van der Waals surface area contributed by atoms with Gasteiger partial charge in [0, 0.05) is 0 Å². The summed E-state index contributed by atoms with van der Waals surface area (Å²) in [6.45, 7) is 16.6. The largest absolute Gasteiger partial charge is 0.316 e. The Balaban J connectivity index is 2.48. The molecule has 2 unspecified atom stereocenters. The van der Waals surface area contributed by atoms with E-state index < -0.39 is 0 Å². The molecule has 0 spiro atoms. The van der Waals surface area contributed by atoms with Crippen LogP contribution in [0.2, 0.25) is 0 Å². The lowest BCUT2D eigenvalue weighted by molar-refractivity contribution is 0.327. The third-order valence-corrected chi connectivity index (χ3v) is 5.25. The zero-order chi connectivity index (χ0) is 13.1. The molecular formula is C16H33N. The van der Waals surface area contributed by atoms with Crippen LogP contribution in [0.3, 0.4) is 0 Å². The van der Waals surface area contributed by atoms with Crippen molar-refractivity contribution in [1.29, 1.82) is 0 Å². The molecule has 1 aliphatic rings.